The van der Waals surface area contributed by atoms with Crippen LogP contribution in [0, 0.1) is 6.92 Å². The Morgan fingerprint density at radius 3 is 2.64 bits per heavy atom. The predicted octanol–water partition coefficient (Wildman–Crippen LogP) is 0.954. The van der Waals surface area contributed by atoms with Crippen molar-refractivity contribution in [2.24, 2.45) is 7.05 Å². The lowest BCUT2D eigenvalue weighted by atomic mass is 10.3. The van der Waals surface area contributed by atoms with Crippen molar-refractivity contribution >= 4 is 27.3 Å². The van der Waals surface area contributed by atoms with Crippen LogP contribution in [0.4, 0.5) is 0 Å². The fraction of sp³-hybridized carbons (Fsp3) is 0.417. The van der Waals surface area contributed by atoms with E-state index in [2.05, 4.69) is 14.2 Å². The molecule has 0 bridgehead atoms. The smallest absolute Gasteiger partial charge is 0.345 e. The summed E-state index contributed by atoms with van der Waals surface area (Å²) < 4.78 is 38.9. The third kappa shape index (κ3) is 3.28. The monoisotopic (exact) mass is 345 g/mol. The normalized spacial score (nSPS) is 11.5. The summed E-state index contributed by atoms with van der Waals surface area (Å²) in [5.41, 5.74) is 1.41. The van der Waals surface area contributed by atoms with Gasteiger partial charge in [-0.2, -0.15) is 9.47 Å². The quantitative estimate of drug-likeness (QED) is 0.744. The van der Waals surface area contributed by atoms with Crippen molar-refractivity contribution in [3.63, 3.8) is 0 Å². The first-order valence-corrected chi connectivity index (χ1v) is 8.81. The second kappa shape index (κ2) is 6.05. The Bertz CT molecular complexity index is 787. The van der Waals surface area contributed by atoms with Crippen LogP contribution in [0.25, 0.3) is 0 Å². The second-order valence-electron chi connectivity index (χ2n) is 4.60. The maximum Gasteiger partial charge on any atom is 0.345 e. The number of hydrogen-bond acceptors (Lipinski definition) is 8. The molecule has 0 aliphatic heterocycles. The van der Waals surface area contributed by atoms with Gasteiger partial charge in [0.25, 0.3) is 0 Å². The zero-order valence-corrected chi connectivity index (χ0v) is 14.1. The van der Waals surface area contributed by atoms with E-state index in [0.29, 0.717) is 17.2 Å². The molecule has 0 saturated heterocycles. The number of aromatic nitrogens is 3. The van der Waals surface area contributed by atoms with Crippen LogP contribution in [-0.4, -0.2) is 41.9 Å². The summed E-state index contributed by atoms with van der Waals surface area (Å²) in [6.07, 6.45) is 0.999. The van der Waals surface area contributed by atoms with Crippen LogP contribution in [0.1, 0.15) is 21.7 Å². The van der Waals surface area contributed by atoms with Gasteiger partial charge in [0.05, 0.1) is 7.11 Å². The molecule has 2 rings (SSSR count). The minimum atomic E-state index is -3.60. The van der Waals surface area contributed by atoms with Crippen LogP contribution in [0.5, 0.6) is 5.88 Å². The second-order valence-corrected chi connectivity index (χ2v) is 7.59. The molecule has 0 unspecified atom stereocenters. The number of nitrogens with zero attached hydrogens (tertiary/aromatic N) is 3. The van der Waals surface area contributed by atoms with E-state index in [4.69, 9.17) is 4.74 Å². The fourth-order valence-corrected chi connectivity index (χ4v) is 3.50. The molecular weight excluding hydrogens is 330 g/mol. The first-order chi connectivity index (χ1) is 10.2. The van der Waals surface area contributed by atoms with Gasteiger partial charge in [-0.25, -0.2) is 13.2 Å². The third-order valence-electron chi connectivity index (χ3n) is 2.88. The minimum Gasteiger partial charge on any atom is -0.470 e. The van der Waals surface area contributed by atoms with Crippen LogP contribution in [0.15, 0.2) is 10.3 Å². The van der Waals surface area contributed by atoms with Crippen molar-refractivity contribution in [3.8, 4) is 5.88 Å². The van der Waals surface area contributed by atoms with E-state index in [-0.39, 0.29) is 22.3 Å². The Hall–Kier alpha value is -1.94. The summed E-state index contributed by atoms with van der Waals surface area (Å²) in [4.78, 5) is 11.8. The fourth-order valence-electron chi connectivity index (χ4n) is 1.73. The van der Waals surface area contributed by atoms with Crippen molar-refractivity contribution in [3.05, 3.63) is 23.0 Å². The molecule has 0 saturated carbocycles. The van der Waals surface area contributed by atoms with Crippen LogP contribution in [0.3, 0.4) is 0 Å². The highest BCUT2D eigenvalue weighted by Crippen LogP contribution is 2.30. The van der Waals surface area contributed by atoms with Crippen molar-refractivity contribution in [2.75, 3.05) is 13.4 Å². The van der Waals surface area contributed by atoms with E-state index in [9.17, 15) is 13.2 Å². The van der Waals surface area contributed by atoms with Crippen LogP contribution in [0.2, 0.25) is 0 Å². The zero-order valence-electron chi connectivity index (χ0n) is 12.5. The number of methoxy groups -OCH3 is 1. The highest BCUT2D eigenvalue weighted by Gasteiger charge is 2.29. The number of esters is 1. The molecule has 0 aromatic carbocycles. The van der Waals surface area contributed by atoms with Gasteiger partial charge in [0, 0.05) is 19.0 Å². The molecule has 0 aliphatic rings. The molecule has 8 nitrogen and oxygen atoms in total. The summed E-state index contributed by atoms with van der Waals surface area (Å²) in [5.74, 6) is -0.873. The van der Waals surface area contributed by atoms with Gasteiger partial charge in [-0.15, -0.1) is 0 Å². The van der Waals surface area contributed by atoms with Gasteiger partial charge in [0.15, 0.2) is 19.6 Å². The average molecular weight is 345 g/mol. The molecule has 10 heteroatoms. The van der Waals surface area contributed by atoms with Crippen molar-refractivity contribution in [1.82, 2.24) is 14.2 Å². The molecule has 0 spiro atoms. The van der Waals surface area contributed by atoms with Crippen LogP contribution >= 0.6 is 11.5 Å². The van der Waals surface area contributed by atoms with E-state index in [1.165, 1.54) is 0 Å². The number of hydrogen-bond donors (Lipinski definition) is 0. The Balaban J connectivity index is 2.31. The van der Waals surface area contributed by atoms with E-state index in [1.807, 2.05) is 13.0 Å². The molecule has 0 fully saturated rings. The highest BCUT2D eigenvalue weighted by molar-refractivity contribution is 7.92. The molecule has 0 aliphatic carbocycles. The standard InChI is InChI=1S/C12H15N3O5S2/c1-7-5-8(13-15(7)2)6-20-10-9(11(16)19-3)12(21-14-10)22(4,17)18/h5H,6H2,1-4H3. The topological polar surface area (TPSA) is 100 Å². The Kier molecular flexibility index (Phi) is 4.52. The maximum atomic E-state index is 11.8. The summed E-state index contributed by atoms with van der Waals surface area (Å²) in [6.45, 7) is 1.96. The number of ether oxygens (including phenoxy) is 2. The number of carbonyl (C=O) groups is 1. The first-order valence-electron chi connectivity index (χ1n) is 6.14. The van der Waals surface area contributed by atoms with Crippen molar-refractivity contribution in [1.29, 1.82) is 0 Å². The van der Waals surface area contributed by atoms with Gasteiger partial charge < -0.3 is 9.47 Å². The van der Waals surface area contributed by atoms with Gasteiger partial charge in [-0.05, 0) is 24.5 Å². The van der Waals surface area contributed by atoms with E-state index in [0.717, 1.165) is 19.1 Å². The molecule has 22 heavy (non-hydrogen) atoms. The summed E-state index contributed by atoms with van der Waals surface area (Å²) in [5, 5.41) is 4.21. The number of aryl methyl sites for hydroxylation is 2. The Labute approximate surface area is 131 Å². The molecule has 0 N–H and O–H groups in total. The lowest BCUT2D eigenvalue weighted by Gasteiger charge is -2.04. The number of sulfone groups is 1. The van der Waals surface area contributed by atoms with Gasteiger partial charge in [-0.1, -0.05) is 0 Å². The third-order valence-corrected chi connectivity index (χ3v) is 5.51. The molecular formula is C12H15N3O5S2. The SMILES string of the molecule is COC(=O)c1c(OCc2cc(C)n(C)n2)nsc1S(C)(=O)=O. The molecule has 0 amide bonds. The Morgan fingerprint density at radius 2 is 2.14 bits per heavy atom. The van der Waals surface area contributed by atoms with Crippen LogP contribution < -0.4 is 4.74 Å². The predicted molar refractivity (Wildman–Crippen MR) is 78.8 cm³/mol. The van der Waals surface area contributed by atoms with Gasteiger partial charge in [0.1, 0.15) is 12.3 Å². The number of rotatable bonds is 5. The highest BCUT2D eigenvalue weighted by atomic mass is 32.2. The van der Waals surface area contributed by atoms with Crippen molar-refractivity contribution < 1.29 is 22.7 Å². The van der Waals surface area contributed by atoms with Crippen molar-refractivity contribution in [2.45, 2.75) is 17.7 Å². The van der Waals surface area contributed by atoms with Gasteiger partial charge in [-0.3, -0.25) is 4.68 Å². The molecule has 0 radical (unpaired) electrons. The molecule has 2 aromatic rings. The lowest BCUT2D eigenvalue weighted by molar-refractivity contribution is 0.0591. The Morgan fingerprint density at radius 1 is 1.45 bits per heavy atom. The van der Waals surface area contributed by atoms with E-state index >= 15 is 0 Å². The summed E-state index contributed by atoms with van der Waals surface area (Å²) in [7, 11) is -0.638. The minimum absolute atomic E-state index is 0.0681. The first kappa shape index (κ1) is 16.4. The molecule has 0 atom stereocenters. The molecule has 2 heterocycles. The van der Waals surface area contributed by atoms with Gasteiger partial charge in [0.2, 0.25) is 5.88 Å². The maximum absolute atomic E-state index is 11.8. The summed E-state index contributed by atoms with van der Waals surface area (Å²) in [6, 6.07) is 1.82. The zero-order chi connectivity index (χ0) is 16.5. The largest absolute Gasteiger partial charge is 0.470 e. The number of carbonyl (C=O) groups excluding carboxylic acids is 1. The lowest BCUT2D eigenvalue weighted by Crippen LogP contribution is -2.09. The van der Waals surface area contributed by atoms with E-state index in [1.54, 1.807) is 11.7 Å². The average Bonchev–Trinajstić information content (AvgIpc) is 2.99. The molecule has 2 aromatic heterocycles. The van der Waals surface area contributed by atoms with Gasteiger partial charge >= 0.3 is 5.97 Å². The van der Waals surface area contributed by atoms with E-state index < -0.39 is 15.8 Å². The molecule has 120 valence electrons. The van der Waals surface area contributed by atoms with Crippen LogP contribution in [-0.2, 0) is 28.2 Å². The summed E-state index contributed by atoms with van der Waals surface area (Å²) >= 11 is 0.681.